The SMILES string of the molecule is COc1cc(C=CC(=O)C(O)[C@H]2OC(C(O)[C@H]3OC(O[C@]4(C5O[C@H](CO)[C@@H](O)[C@H](O)[C@H]5O)[C@@H](O)C(O)O[C@H](CO)[C@@H]4O)[C@H](O)[C@@H](O)[C@H]3O)[C@H](O)[C@@H](O)[C@@H]2O)cc(OC)c1O.Oc1cc(O)c2cc(O)c(-c3ccc(O)c(O)c3)[o+]c2c1. The average molecular weight is 1160 g/mol. The van der Waals surface area contributed by atoms with Crippen molar-refractivity contribution in [3.05, 3.63) is 60.2 Å². The van der Waals surface area contributed by atoms with Crippen LogP contribution in [-0.4, -0.2) is 280 Å². The monoisotopic (exact) mass is 1160 g/mol. The predicted molar refractivity (Wildman–Crippen MR) is 263 cm³/mol. The van der Waals surface area contributed by atoms with Crippen LogP contribution in [0.25, 0.3) is 28.4 Å². The molecule has 6 unspecified atom stereocenters. The third-order valence-electron chi connectivity index (χ3n) is 14.3. The minimum atomic E-state index is -3.14. The van der Waals surface area contributed by atoms with Crippen molar-refractivity contribution in [2.45, 2.75) is 134 Å². The minimum Gasteiger partial charge on any atom is -0.507 e. The summed E-state index contributed by atoms with van der Waals surface area (Å²) in [6.45, 7) is -2.19. The van der Waals surface area contributed by atoms with Crippen molar-refractivity contribution >= 4 is 22.8 Å². The van der Waals surface area contributed by atoms with E-state index in [1.165, 1.54) is 56.7 Å². The van der Waals surface area contributed by atoms with E-state index in [2.05, 4.69) is 0 Å². The molecule has 1 aromatic heterocycles. The van der Waals surface area contributed by atoms with Crippen LogP contribution in [0.4, 0.5) is 0 Å². The molecule has 3 aromatic carbocycles. The Hall–Kier alpha value is -5.96. The molecule has 31 nitrogen and oxygen atoms in total. The van der Waals surface area contributed by atoms with E-state index in [0.29, 0.717) is 5.56 Å². The van der Waals surface area contributed by atoms with Gasteiger partial charge in [-0.2, -0.15) is 0 Å². The largest absolute Gasteiger partial charge is 0.507 e. The lowest BCUT2D eigenvalue weighted by molar-refractivity contribution is -0.422. The molecule has 4 aliphatic heterocycles. The quantitative estimate of drug-likeness (QED) is 0.0317. The molecule has 0 amide bonds. The molecule has 5 heterocycles. The fourth-order valence-electron chi connectivity index (χ4n) is 9.81. The van der Waals surface area contributed by atoms with Crippen molar-refractivity contribution in [1.82, 2.24) is 0 Å². The van der Waals surface area contributed by atoms with E-state index in [1.807, 2.05) is 0 Å². The summed E-state index contributed by atoms with van der Waals surface area (Å²) in [5.74, 6) is -2.92. The van der Waals surface area contributed by atoms with Gasteiger partial charge in [0.2, 0.25) is 11.5 Å². The number of carbonyl (C=O) groups is 1. The van der Waals surface area contributed by atoms with Crippen molar-refractivity contribution in [3.8, 4) is 57.3 Å². The molecule has 22 atom stereocenters. The second kappa shape index (κ2) is 25.3. The molecule has 4 saturated heterocycles. The van der Waals surface area contributed by atoms with E-state index < -0.39 is 153 Å². The Morgan fingerprint density at radius 2 is 1.19 bits per heavy atom. The first-order valence-corrected chi connectivity index (χ1v) is 24.4. The summed E-state index contributed by atoms with van der Waals surface area (Å²) in [5.41, 5.74) is -2.43. The molecule has 22 N–H and O–H groups in total. The molecule has 0 saturated carbocycles. The Morgan fingerprint density at radius 3 is 1.78 bits per heavy atom. The number of aromatic hydroxyl groups is 6. The van der Waals surface area contributed by atoms with Gasteiger partial charge in [-0.15, -0.1) is 0 Å². The lowest BCUT2D eigenvalue weighted by atomic mass is 9.74. The van der Waals surface area contributed by atoms with Crippen molar-refractivity contribution in [1.29, 1.82) is 0 Å². The fraction of sp³-hybridized carbons (Fsp3) is 0.520. The molecule has 0 spiro atoms. The second-order valence-electron chi connectivity index (χ2n) is 19.3. The molecule has 4 aliphatic rings. The van der Waals surface area contributed by atoms with Crippen LogP contribution in [-0.2, 0) is 28.5 Å². The normalized spacial score (nSPS) is 36.1. The van der Waals surface area contributed by atoms with Crippen LogP contribution in [0.1, 0.15) is 5.56 Å². The molecule has 8 rings (SSSR count). The number of phenols is 5. The summed E-state index contributed by atoms with van der Waals surface area (Å²) >= 11 is 0. The molecule has 31 heteroatoms. The van der Waals surface area contributed by atoms with Gasteiger partial charge in [0.25, 0.3) is 0 Å². The van der Waals surface area contributed by atoms with Crippen LogP contribution >= 0.6 is 0 Å². The van der Waals surface area contributed by atoms with E-state index in [1.54, 1.807) is 0 Å². The first kappa shape index (κ1) is 62.6. The lowest BCUT2D eigenvalue weighted by Crippen LogP contribution is -2.79. The molecule has 4 aromatic rings. The molecule has 0 radical (unpaired) electrons. The van der Waals surface area contributed by atoms with Gasteiger partial charge in [-0.1, -0.05) is 6.08 Å². The number of ether oxygens (including phenoxy) is 7. The van der Waals surface area contributed by atoms with Crippen LogP contribution < -0.4 is 9.47 Å². The van der Waals surface area contributed by atoms with Crippen molar-refractivity contribution in [2.75, 3.05) is 27.4 Å². The molecule has 0 bridgehead atoms. The fourth-order valence-corrected chi connectivity index (χ4v) is 9.81. The Balaban J connectivity index is 0.000000373. The topological polar surface area (TPSA) is 538 Å². The molecule has 81 heavy (non-hydrogen) atoms. The third-order valence-corrected chi connectivity index (χ3v) is 14.3. The summed E-state index contributed by atoms with van der Waals surface area (Å²) in [5, 5.41) is 231. The highest BCUT2D eigenvalue weighted by Gasteiger charge is 2.68. The number of methoxy groups -OCH3 is 2. The Bertz CT molecular complexity index is 2830. The zero-order valence-electron chi connectivity index (χ0n) is 42.3. The molecule has 4 fully saturated rings. The molecule has 0 aliphatic carbocycles. The van der Waals surface area contributed by atoms with Gasteiger partial charge in [0.1, 0.15) is 133 Å². The smallest absolute Gasteiger partial charge is 0.402 e. The number of rotatable bonds is 14. The number of hydrogen-bond acceptors (Lipinski definition) is 30. The first-order valence-electron chi connectivity index (χ1n) is 24.4. The summed E-state index contributed by atoms with van der Waals surface area (Å²) < 4.78 is 43.0. The van der Waals surface area contributed by atoms with Gasteiger partial charge in [0, 0.05) is 18.2 Å². The zero-order valence-corrected chi connectivity index (χ0v) is 42.3. The number of aliphatic hydroxyl groups excluding tert-OH is 16. The van der Waals surface area contributed by atoms with Gasteiger partial charge < -0.3 is 146 Å². The maximum absolute atomic E-state index is 13.1. The van der Waals surface area contributed by atoms with Crippen LogP contribution in [0.3, 0.4) is 0 Å². The standard InChI is InChI=1S/C35H52O25.C15H10O6/c1-54-11-5-9(6-12(55-2)16(11)40)3-4-10(38)15(39)27-21(45)19(43)22(46)28(58-27)26(50)29-23(47)20(44)25(49)34(59-29)60-35(30(51)14(8-37)57-33(53)31(35)52)32-24(48)18(42)17(41)13(7-36)56-32;16-8-4-11(18)9-6-13(20)15(21-14(9)5-8)7-1-2-10(17)12(19)3-7/h3-6,13-15,17-34,36-37,39-53H,7-8H2,1-2H3;1-6H,(H4-,16,17,18,19,20)/p+1/t13-,14-,15?,17-,18+,19+,20+,21+,22-,23-,24-,25-,26?,27-,28?,29+,30+,31+,32?,33?,34?,35+;/m1./s1. The van der Waals surface area contributed by atoms with Crippen molar-refractivity contribution in [3.63, 3.8) is 0 Å². The molecular formula is C50H63O31+. The average Bonchev–Trinajstić information content (AvgIpc) is 3.62. The van der Waals surface area contributed by atoms with Crippen LogP contribution in [0.2, 0.25) is 0 Å². The predicted octanol–water partition coefficient (Wildman–Crippen LogP) is -6.69. The van der Waals surface area contributed by atoms with Crippen molar-refractivity contribution in [2.24, 2.45) is 0 Å². The highest BCUT2D eigenvalue weighted by Crippen LogP contribution is 2.45. The number of hydrogen-bond donors (Lipinski definition) is 22. The van der Waals surface area contributed by atoms with Gasteiger partial charge in [-0.05, 0) is 35.9 Å². The number of carbonyl (C=O) groups excluding carboxylic acids is 1. The Labute approximate surface area is 455 Å². The van der Waals surface area contributed by atoms with Gasteiger partial charge in [-0.25, -0.2) is 4.42 Å². The third kappa shape index (κ3) is 12.0. The first-order chi connectivity index (χ1) is 38.2. The van der Waals surface area contributed by atoms with Gasteiger partial charge in [0.05, 0.1) is 39.1 Å². The summed E-state index contributed by atoms with van der Waals surface area (Å²) in [4.78, 5) is 13.1. The van der Waals surface area contributed by atoms with E-state index >= 15 is 0 Å². The number of fused-ring (bicyclic) bond motifs is 1. The van der Waals surface area contributed by atoms with Gasteiger partial charge >= 0.3 is 11.3 Å². The molecular weight excluding hydrogens is 1100 g/mol. The highest BCUT2D eigenvalue weighted by atomic mass is 16.7. The maximum atomic E-state index is 13.1. The number of aliphatic hydroxyl groups is 16. The second-order valence-corrected chi connectivity index (χ2v) is 19.3. The minimum absolute atomic E-state index is 0.0304. The molecule has 448 valence electrons. The zero-order chi connectivity index (χ0) is 59.8. The van der Waals surface area contributed by atoms with Crippen LogP contribution in [0, 0.1) is 0 Å². The Kier molecular flexibility index (Phi) is 19.5. The van der Waals surface area contributed by atoms with E-state index in [4.69, 9.17) is 37.6 Å². The Morgan fingerprint density at radius 1 is 0.605 bits per heavy atom. The lowest BCUT2D eigenvalue weighted by Gasteiger charge is -2.57. The van der Waals surface area contributed by atoms with E-state index in [0.717, 1.165) is 18.2 Å². The number of ketones is 1. The maximum Gasteiger partial charge on any atom is 0.402 e. The summed E-state index contributed by atoms with van der Waals surface area (Å²) in [6.07, 6.45) is -46.2. The van der Waals surface area contributed by atoms with Crippen molar-refractivity contribution < 1.29 is 155 Å². The van der Waals surface area contributed by atoms with Gasteiger partial charge in [0.15, 0.2) is 47.0 Å². The number of benzene rings is 3. The van der Waals surface area contributed by atoms with Crippen LogP contribution in [0.5, 0.6) is 46.0 Å². The number of phenolic OH excluding ortho intramolecular Hbond substituents is 5. The van der Waals surface area contributed by atoms with Gasteiger partial charge in [-0.3, -0.25) is 4.79 Å². The van der Waals surface area contributed by atoms with E-state index in [9.17, 15) is 117 Å². The highest BCUT2D eigenvalue weighted by molar-refractivity contribution is 5.97. The van der Waals surface area contributed by atoms with Crippen LogP contribution in [0.15, 0.2) is 59.0 Å². The van der Waals surface area contributed by atoms with E-state index in [-0.39, 0.29) is 68.3 Å². The summed E-state index contributed by atoms with van der Waals surface area (Å²) in [7, 11) is 2.49. The summed E-state index contributed by atoms with van der Waals surface area (Å²) in [6, 6.07) is 10.2.